The van der Waals surface area contributed by atoms with Gasteiger partial charge in [0, 0.05) is 51.0 Å². The Morgan fingerprint density at radius 2 is 2.14 bits per heavy atom. The van der Waals surface area contributed by atoms with Gasteiger partial charge in [-0.3, -0.25) is 14.4 Å². The van der Waals surface area contributed by atoms with Crippen molar-refractivity contribution in [3.8, 4) is 0 Å². The number of rotatable bonds is 4. The molecule has 1 amide bonds. The van der Waals surface area contributed by atoms with Crippen molar-refractivity contribution in [2.75, 3.05) is 26.2 Å². The molecule has 0 radical (unpaired) electrons. The van der Waals surface area contributed by atoms with Crippen LogP contribution in [0.25, 0.3) is 0 Å². The Hall–Kier alpha value is -1.11. The molecule has 0 saturated carbocycles. The van der Waals surface area contributed by atoms with Gasteiger partial charge in [-0.05, 0) is 20.3 Å². The Labute approximate surface area is 132 Å². The Kier molecular flexibility index (Phi) is 7.14. The average molecular weight is 316 g/mol. The van der Waals surface area contributed by atoms with Crippen molar-refractivity contribution < 1.29 is 4.79 Å². The molecule has 1 atom stereocenters. The minimum Gasteiger partial charge on any atom is -0.340 e. The molecular formula is C14H26ClN5O. The van der Waals surface area contributed by atoms with Crippen LogP contribution in [0, 0.1) is 0 Å². The summed E-state index contributed by atoms with van der Waals surface area (Å²) in [6.07, 6.45) is 5.02. The highest BCUT2D eigenvalue weighted by Crippen LogP contribution is 2.09. The number of nitrogens with zero attached hydrogens (tertiary/aromatic N) is 4. The van der Waals surface area contributed by atoms with Gasteiger partial charge in [0.2, 0.25) is 5.91 Å². The van der Waals surface area contributed by atoms with Crippen LogP contribution < -0.4 is 5.73 Å². The standard InChI is InChI=1S/C14H25N5O.ClH/c1-3-19-11-13(9-16-19)10-17-5-4-6-18(8-7-17)14(20)12(2)15;/h9,11-12H,3-8,10,15H2,1-2H3;1H. The smallest absolute Gasteiger partial charge is 0.239 e. The minimum absolute atomic E-state index is 0. The molecule has 1 aromatic rings. The van der Waals surface area contributed by atoms with Crippen LogP contribution >= 0.6 is 12.4 Å². The van der Waals surface area contributed by atoms with E-state index in [-0.39, 0.29) is 18.3 Å². The van der Waals surface area contributed by atoms with Crippen molar-refractivity contribution in [3.63, 3.8) is 0 Å². The van der Waals surface area contributed by atoms with Crippen LogP contribution in [0.3, 0.4) is 0 Å². The van der Waals surface area contributed by atoms with Crippen molar-refractivity contribution in [1.82, 2.24) is 19.6 Å². The van der Waals surface area contributed by atoms with Crippen molar-refractivity contribution in [3.05, 3.63) is 18.0 Å². The Morgan fingerprint density at radius 1 is 1.38 bits per heavy atom. The van der Waals surface area contributed by atoms with Gasteiger partial charge in [-0.15, -0.1) is 12.4 Å². The molecule has 2 heterocycles. The summed E-state index contributed by atoms with van der Waals surface area (Å²) in [7, 11) is 0. The number of hydrogen-bond donors (Lipinski definition) is 1. The molecule has 2 rings (SSSR count). The average Bonchev–Trinajstić information content (AvgIpc) is 2.76. The Balaban J connectivity index is 0.00000220. The molecule has 21 heavy (non-hydrogen) atoms. The molecule has 1 saturated heterocycles. The number of hydrogen-bond acceptors (Lipinski definition) is 4. The number of carbonyl (C=O) groups is 1. The topological polar surface area (TPSA) is 67.4 Å². The molecule has 1 fully saturated rings. The first-order valence-corrected chi connectivity index (χ1v) is 7.38. The molecule has 0 aliphatic carbocycles. The fourth-order valence-corrected chi connectivity index (χ4v) is 2.56. The van der Waals surface area contributed by atoms with E-state index >= 15 is 0 Å². The zero-order chi connectivity index (χ0) is 14.5. The summed E-state index contributed by atoms with van der Waals surface area (Å²) in [5.41, 5.74) is 6.91. The summed E-state index contributed by atoms with van der Waals surface area (Å²) in [6.45, 7) is 9.13. The SMILES string of the molecule is CCn1cc(CN2CCCN(C(=O)C(C)N)CC2)cn1.Cl. The van der Waals surface area contributed by atoms with Gasteiger partial charge in [0.15, 0.2) is 0 Å². The number of aryl methyl sites for hydroxylation is 1. The van der Waals surface area contributed by atoms with Gasteiger partial charge in [-0.25, -0.2) is 0 Å². The van der Waals surface area contributed by atoms with E-state index in [0.717, 1.165) is 45.7 Å². The fraction of sp³-hybridized carbons (Fsp3) is 0.714. The highest BCUT2D eigenvalue weighted by atomic mass is 35.5. The summed E-state index contributed by atoms with van der Waals surface area (Å²) in [6, 6.07) is -0.399. The molecule has 1 aliphatic heterocycles. The number of amides is 1. The molecule has 1 aromatic heterocycles. The van der Waals surface area contributed by atoms with E-state index in [0.29, 0.717) is 0 Å². The number of nitrogens with two attached hydrogens (primary N) is 1. The van der Waals surface area contributed by atoms with E-state index in [1.165, 1.54) is 5.56 Å². The van der Waals surface area contributed by atoms with E-state index in [9.17, 15) is 4.79 Å². The predicted octanol–water partition coefficient (Wildman–Crippen LogP) is 0.706. The quantitative estimate of drug-likeness (QED) is 0.888. The number of halogens is 1. The van der Waals surface area contributed by atoms with Crippen molar-refractivity contribution in [2.45, 2.75) is 39.4 Å². The Morgan fingerprint density at radius 3 is 2.76 bits per heavy atom. The monoisotopic (exact) mass is 315 g/mol. The summed E-state index contributed by atoms with van der Waals surface area (Å²) in [5.74, 6) is 0.0608. The van der Waals surface area contributed by atoms with Crippen LogP contribution in [0.5, 0.6) is 0 Å². The summed E-state index contributed by atoms with van der Waals surface area (Å²) >= 11 is 0. The lowest BCUT2D eigenvalue weighted by Crippen LogP contribution is -2.43. The largest absolute Gasteiger partial charge is 0.340 e. The summed E-state index contributed by atoms with van der Waals surface area (Å²) in [5, 5.41) is 4.30. The number of carbonyl (C=O) groups excluding carboxylic acids is 1. The predicted molar refractivity (Wildman–Crippen MR) is 85.3 cm³/mol. The van der Waals surface area contributed by atoms with Gasteiger partial charge in [0.25, 0.3) is 0 Å². The van der Waals surface area contributed by atoms with Crippen LogP contribution in [0.4, 0.5) is 0 Å². The van der Waals surface area contributed by atoms with Crippen LogP contribution in [0.15, 0.2) is 12.4 Å². The third-order valence-electron chi connectivity index (χ3n) is 3.71. The first-order chi connectivity index (χ1) is 9.60. The molecule has 1 unspecified atom stereocenters. The lowest BCUT2D eigenvalue weighted by molar-refractivity contribution is -0.132. The van der Waals surface area contributed by atoms with Gasteiger partial charge in [-0.2, -0.15) is 5.10 Å². The first-order valence-electron chi connectivity index (χ1n) is 7.38. The van der Waals surface area contributed by atoms with Gasteiger partial charge < -0.3 is 10.6 Å². The van der Waals surface area contributed by atoms with E-state index in [2.05, 4.69) is 23.1 Å². The van der Waals surface area contributed by atoms with Crippen molar-refractivity contribution in [2.24, 2.45) is 5.73 Å². The summed E-state index contributed by atoms with van der Waals surface area (Å²) in [4.78, 5) is 16.2. The second-order valence-electron chi connectivity index (χ2n) is 5.45. The molecule has 0 aromatic carbocycles. The van der Waals surface area contributed by atoms with Crippen LogP contribution in [0.1, 0.15) is 25.8 Å². The second kappa shape index (κ2) is 8.36. The zero-order valence-corrected chi connectivity index (χ0v) is 13.7. The molecular weight excluding hydrogens is 290 g/mol. The molecule has 2 N–H and O–H groups in total. The molecule has 7 heteroatoms. The third-order valence-corrected chi connectivity index (χ3v) is 3.71. The third kappa shape index (κ3) is 4.98. The van der Waals surface area contributed by atoms with E-state index in [4.69, 9.17) is 5.73 Å². The fourth-order valence-electron chi connectivity index (χ4n) is 2.56. The Bertz CT molecular complexity index is 448. The highest BCUT2D eigenvalue weighted by Gasteiger charge is 2.21. The van der Waals surface area contributed by atoms with Crippen LogP contribution in [-0.4, -0.2) is 57.7 Å². The van der Waals surface area contributed by atoms with Gasteiger partial charge >= 0.3 is 0 Å². The molecule has 6 nitrogen and oxygen atoms in total. The molecule has 0 bridgehead atoms. The van der Waals surface area contributed by atoms with E-state index < -0.39 is 6.04 Å². The lowest BCUT2D eigenvalue weighted by atomic mass is 10.3. The van der Waals surface area contributed by atoms with Crippen LogP contribution in [0.2, 0.25) is 0 Å². The van der Waals surface area contributed by atoms with Gasteiger partial charge in [0.05, 0.1) is 12.2 Å². The molecule has 1 aliphatic rings. The normalized spacial score (nSPS) is 18.0. The summed E-state index contributed by atoms with van der Waals surface area (Å²) < 4.78 is 1.94. The maximum Gasteiger partial charge on any atom is 0.239 e. The van der Waals surface area contributed by atoms with Gasteiger partial charge in [0.1, 0.15) is 0 Å². The lowest BCUT2D eigenvalue weighted by Gasteiger charge is -2.23. The van der Waals surface area contributed by atoms with Crippen LogP contribution in [-0.2, 0) is 17.9 Å². The second-order valence-corrected chi connectivity index (χ2v) is 5.45. The van der Waals surface area contributed by atoms with Crippen molar-refractivity contribution >= 4 is 18.3 Å². The maximum absolute atomic E-state index is 11.9. The minimum atomic E-state index is -0.399. The first kappa shape index (κ1) is 17.9. The highest BCUT2D eigenvalue weighted by molar-refractivity contribution is 5.85. The van der Waals surface area contributed by atoms with E-state index in [1.807, 2.05) is 15.8 Å². The maximum atomic E-state index is 11.9. The van der Waals surface area contributed by atoms with E-state index in [1.54, 1.807) is 6.92 Å². The van der Waals surface area contributed by atoms with Gasteiger partial charge in [-0.1, -0.05) is 0 Å². The zero-order valence-electron chi connectivity index (χ0n) is 12.9. The molecule has 0 spiro atoms. The number of aromatic nitrogens is 2. The molecule has 120 valence electrons. The van der Waals surface area contributed by atoms with Crippen molar-refractivity contribution in [1.29, 1.82) is 0 Å².